The first-order chi connectivity index (χ1) is 18.0. The molecule has 0 bridgehead atoms. The van der Waals surface area contributed by atoms with E-state index in [-0.39, 0.29) is 16.9 Å². The highest BCUT2D eigenvalue weighted by molar-refractivity contribution is 6.18. The molecule has 2 N–H and O–H groups in total. The van der Waals surface area contributed by atoms with Gasteiger partial charge in [0.05, 0.1) is 17.6 Å². The zero-order chi connectivity index (χ0) is 27.1. The molecule has 0 spiro atoms. The smallest absolute Gasteiger partial charge is 0.298 e. The second-order valence-corrected chi connectivity index (χ2v) is 9.68. The molecule has 5 aromatic rings. The predicted octanol–water partition coefficient (Wildman–Crippen LogP) is 5.93. The SMILES string of the molecule is Cc1cc2c(nc(C)n2C)c2c1-c1cccc3c(C(=O)c4cc(F)c(N)c(F)c4)cn(c13)CC(F)(F)CO2. The highest BCUT2D eigenvalue weighted by atomic mass is 19.3. The lowest BCUT2D eigenvalue weighted by molar-refractivity contribution is -0.0530. The Balaban J connectivity index is 1.67. The maximum absolute atomic E-state index is 15.2. The van der Waals surface area contributed by atoms with Crippen LogP contribution in [-0.4, -0.2) is 32.4 Å². The minimum atomic E-state index is -3.31. The van der Waals surface area contributed by atoms with Crippen LogP contribution in [0.3, 0.4) is 0 Å². The Bertz CT molecular complexity index is 1800. The van der Waals surface area contributed by atoms with E-state index in [1.54, 1.807) is 18.2 Å². The zero-order valence-corrected chi connectivity index (χ0v) is 20.7. The van der Waals surface area contributed by atoms with Crippen molar-refractivity contribution in [2.45, 2.75) is 26.3 Å². The number of ketones is 1. The van der Waals surface area contributed by atoms with Crippen LogP contribution < -0.4 is 10.5 Å². The molecule has 0 radical (unpaired) electrons. The van der Waals surface area contributed by atoms with Crippen LogP contribution in [-0.2, 0) is 13.6 Å². The molecule has 0 aliphatic carbocycles. The van der Waals surface area contributed by atoms with Gasteiger partial charge >= 0.3 is 0 Å². The number of nitrogens with zero attached hydrogens (tertiary/aromatic N) is 3. The Morgan fingerprint density at radius 1 is 1.13 bits per heavy atom. The molecular formula is C28H22F4N4O2. The maximum Gasteiger partial charge on any atom is 0.298 e. The molecule has 0 amide bonds. The summed E-state index contributed by atoms with van der Waals surface area (Å²) in [6.45, 7) is 2.01. The van der Waals surface area contributed by atoms with Crippen molar-refractivity contribution in [3.8, 4) is 16.9 Å². The van der Waals surface area contributed by atoms with Gasteiger partial charge in [0.2, 0.25) is 0 Å². The van der Waals surface area contributed by atoms with E-state index in [4.69, 9.17) is 10.5 Å². The predicted molar refractivity (Wildman–Crippen MR) is 136 cm³/mol. The monoisotopic (exact) mass is 522 g/mol. The number of anilines is 1. The quantitative estimate of drug-likeness (QED) is 0.177. The summed E-state index contributed by atoms with van der Waals surface area (Å²) in [5.41, 5.74) is 7.94. The minimum absolute atomic E-state index is 0.0386. The summed E-state index contributed by atoms with van der Waals surface area (Å²) >= 11 is 0. The molecule has 10 heteroatoms. The Morgan fingerprint density at radius 3 is 2.55 bits per heavy atom. The minimum Gasteiger partial charge on any atom is -0.484 e. The van der Waals surface area contributed by atoms with Crippen LogP contribution in [0.2, 0.25) is 0 Å². The van der Waals surface area contributed by atoms with E-state index in [0.29, 0.717) is 33.4 Å². The normalized spacial score (nSPS) is 14.6. The third kappa shape index (κ3) is 3.47. The molecule has 1 aliphatic rings. The first kappa shape index (κ1) is 24.0. The van der Waals surface area contributed by atoms with Gasteiger partial charge in [-0.3, -0.25) is 4.79 Å². The summed E-state index contributed by atoms with van der Waals surface area (Å²) < 4.78 is 67.8. The number of nitrogens with two attached hydrogens (primary N) is 1. The third-order valence-electron chi connectivity index (χ3n) is 7.14. The molecule has 1 aliphatic heterocycles. The molecule has 194 valence electrons. The number of halogens is 4. The lowest BCUT2D eigenvalue weighted by atomic mass is 9.94. The molecule has 0 atom stereocenters. The largest absolute Gasteiger partial charge is 0.484 e. The molecule has 6 nitrogen and oxygen atoms in total. The standard InChI is InChI=1S/C28H22F4N4O2/c1-13-7-21-24(34-14(2)35(21)3)27-22(13)17-6-4-5-16-18(10-36(25(16)17)11-28(31,32)12-38-27)26(37)15-8-19(29)23(33)20(30)9-15/h4-10H,11-12,33H2,1-3H3. The van der Waals surface area contributed by atoms with E-state index in [1.807, 2.05) is 31.5 Å². The Hall–Kier alpha value is -4.34. The molecule has 0 saturated carbocycles. The van der Waals surface area contributed by atoms with Crippen molar-refractivity contribution in [2.75, 3.05) is 12.3 Å². The van der Waals surface area contributed by atoms with Gasteiger partial charge in [-0.1, -0.05) is 18.2 Å². The summed E-state index contributed by atoms with van der Waals surface area (Å²) in [6.07, 6.45) is 1.31. The van der Waals surface area contributed by atoms with Gasteiger partial charge in [0, 0.05) is 40.9 Å². The van der Waals surface area contributed by atoms with Crippen LogP contribution in [0.5, 0.6) is 5.75 Å². The molecule has 0 fully saturated rings. The summed E-state index contributed by atoms with van der Waals surface area (Å²) in [5, 5.41) is 0.366. The zero-order valence-electron chi connectivity index (χ0n) is 20.7. The van der Waals surface area contributed by atoms with Gasteiger partial charge in [-0.25, -0.2) is 22.5 Å². The fourth-order valence-electron chi connectivity index (χ4n) is 5.22. The number of carbonyl (C=O) groups excluding carboxylic acids is 1. The molecule has 6 rings (SSSR count). The van der Waals surface area contributed by atoms with Crippen molar-refractivity contribution < 1.29 is 27.1 Å². The van der Waals surface area contributed by atoms with E-state index < -0.39 is 42.2 Å². The van der Waals surface area contributed by atoms with Crippen LogP contribution in [0.15, 0.2) is 42.6 Å². The van der Waals surface area contributed by atoms with Crippen LogP contribution in [0, 0.1) is 25.5 Å². The van der Waals surface area contributed by atoms with Crippen LogP contribution in [0.4, 0.5) is 23.2 Å². The number of hydrogen-bond acceptors (Lipinski definition) is 4. The number of aromatic nitrogens is 3. The maximum atomic E-state index is 15.2. The van der Waals surface area contributed by atoms with Crippen molar-refractivity contribution in [1.82, 2.24) is 14.1 Å². The van der Waals surface area contributed by atoms with Crippen molar-refractivity contribution in [1.29, 1.82) is 0 Å². The number of rotatable bonds is 2. The first-order valence-corrected chi connectivity index (χ1v) is 11.9. The van der Waals surface area contributed by atoms with Gasteiger partial charge in [0.15, 0.2) is 18.1 Å². The van der Waals surface area contributed by atoms with Gasteiger partial charge in [-0.15, -0.1) is 0 Å². The average Bonchev–Trinajstić information content (AvgIpc) is 3.37. The number of imidazole rings is 1. The van der Waals surface area contributed by atoms with Crippen molar-refractivity contribution in [2.24, 2.45) is 7.05 Å². The lowest BCUT2D eigenvalue weighted by Crippen LogP contribution is -2.30. The number of nitrogen functional groups attached to an aromatic ring is 1. The third-order valence-corrected chi connectivity index (χ3v) is 7.14. The first-order valence-electron chi connectivity index (χ1n) is 11.9. The van der Waals surface area contributed by atoms with Gasteiger partial charge in [-0.2, -0.15) is 0 Å². The number of benzene rings is 3. The molecule has 0 unspecified atom stereocenters. The summed E-state index contributed by atoms with van der Waals surface area (Å²) in [5.74, 6) is -5.24. The number of para-hydroxylation sites is 1. The number of carbonyl (C=O) groups is 1. The summed E-state index contributed by atoms with van der Waals surface area (Å²) in [7, 11) is 1.84. The fourth-order valence-corrected chi connectivity index (χ4v) is 5.22. The van der Waals surface area contributed by atoms with Crippen molar-refractivity contribution in [3.05, 3.63) is 76.7 Å². The highest BCUT2D eigenvalue weighted by Gasteiger charge is 2.36. The second kappa shape index (κ2) is 8.08. The number of alkyl halides is 2. The highest BCUT2D eigenvalue weighted by Crippen LogP contribution is 2.45. The van der Waals surface area contributed by atoms with E-state index in [0.717, 1.165) is 23.2 Å². The van der Waals surface area contributed by atoms with Crippen molar-refractivity contribution >= 4 is 33.4 Å². The van der Waals surface area contributed by atoms with Crippen LogP contribution in [0.1, 0.15) is 27.3 Å². The molecule has 3 heterocycles. The summed E-state index contributed by atoms with van der Waals surface area (Å²) in [6, 6.07) is 8.72. The molecule has 38 heavy (non-hydrogen) atoms. The number of hydrogen-bond donors (Lipinski definition) is 1. The second-order valence-electron chi connectivity index (χ2n) is 9.68. The average molecular weight is 523 g/mol. The number of fused-ring (bicyclic) bond motifs is 4. The van der Waals surface area contributed by atoms with Gasteiger partial charge in [0.1, 0.15) is 28.7 Å². The van der Waals surface area contributed by atoms with E-state index in [1.165, 1.54) is 10.8 Å². The lowest BCUT2D eigenvalue weighted by Gasteiger charge is -2.18. The molecular weight excluding hydrogens is 500 g/mol. The Kier molecular flexibility index (Phi) is 5.11. The molecule has 3 aromatic carbocycles. The number of ether oxygens (including phenoxy) is 1. The van der Waals surface area contributed by atoms with Gasteiger partial charge < -0.3 is 19.6 Å². The summed E-state index contributed by atoms with van der Waals surface area (Å²) in [4.78, 5) is 18.0. The molecule has 0 saturated heterocycles. The van der Waals surface area contributed by atoms with Gasteiger partial charge in [0.25, 0.3) is 5.92 Å². The van der Waals surface area contributed by atoms with E-state index >= 15 is 8.78 Å². The Morgan fingerprint density at radius 2 is 1.84 bits per heavy atom. The topological polar surface area (TPSA) is 75.1 Å². The van der Waals surface area contributed by atoms with E-state index in [2.05, 4.69) is 4.98 Å². The van der Waals surface area contributed by atoms with Crippen LogP contribution in [0.25, 0.3) is 33.1 Å². The molecule has 2 aromatic heterocycles. The van der Waals surface area contributed by atoms with E-state index in [9.17, 15) is 13.6 Å². The van der Waals surface area contributed by atoms with Crippen molar-refractivity contribution in [3.63, 3.8) is 0 Å². The fraction of sp³-hybridized carbons (Fsp3) is 0.214. The van der Waals surface area contributed by atoms with Gasteiger partial charge in [-0.05, 0) is 37.6 Å². The number of aryl methyl sites for hydroxylation is 3. The van der Waals surface area contributed by atoms with Crippen LogP contribution >= 0.6 is 0 Å². The Labute approximate surface area is 214 Å².